The van der Waals surface area contributed by atoms with Gasteiger partial charge in [-0.15, -0.1) is 5.10 Å². The van der Waals surface area contributed by atoms with Gasteiger partial charge in [-0.2, -0.15) is 13.2 Å². The van der Waals surface area contributed by atoms with Crippen LogP contribution < -0.4 is 10.1 Å². The molecule has 0 unspecified atom stereocenters. The number of carbonyl (C=O) groups excluding carboxylic acids is 1. The largest absolute Gasteiger partial charge is 0.487 e. The van der Waals surface area contributed by atoms with Gasteiger partial charge in [0.05, 0.1) is 23.4 Å². The van der Waals surface area contributed by atoms with Gasteiger partial charge in [0.2, 0.25) is 5.89 Å². The molecule has 4 aromatic rings. The highest BCUT2D eigenvalue weighted by atomic mass is 19.4. The number of amides is 1. The van der Waals surface area contributed by atoms with E-state index in [1.54, 1.807) is 4.68 Å². The lowest BCUT2D eigenvalue weighted by Gasteiger charge is -2.12. The average Bonchev–Trinajstić information content (AvgIpc) is 3.63. The van der Waals surface area contributed by atoms with Gasteiger partial charge < -0.3 is 19.2 Å². The predicted molar refractivity (Wildman–Crippen MR) is 154 cm³/mol. The molecular formula is C31H33F4N5O4. The average molecular weight is 616 g/mol. The number of oxazole rings is 1. The number of ether oxygens (including phenoxy) is 2. The lowest BCUT2D eigenvalue weighted by molar-refractivity contribution is -0.139. The van der Waals surface area contributed by atoms with Crippen molar-refractivity contribution in [2.75, 3.05) is 6.61 Å². The minimum atomic E-state index is -4.87. The van der Waals surface area contributed by atoms with Crippen molar-refractivity contribution in [1.29, 1.82) is 0 Å². The van der Waals surface area contributed by atoms with Crippen molar-refractivity contribution >= 4 is 12.2 Å². The van der Waals surface area contributed by atoms with Crippen LogP contribution in [0.2, 0.25) is 0 Å². The summed E-state index contributed by atoms with van der Waals surface area (Å²) in [5.74, 6) is -1.20. The minimum absolute atomic E-state index is 0.0149. The van der Waals surface area contributed by atoms with Gasteiger partial charge in [0.15, 0.2) is 0 Å². The first-order valence-corrected chi connectivity index (χ1v) is 14.0. The second-order valence-corrected chi connectivity index (χ2v) is 10.3. The second kappa shape index (κ2) is 14.7. The zero-order valence-electron chi connectivity index (χ0n) is 24.4. The molecule has 1 N–H and O–H groups in total. The highest BCUT2D eigenvalue weighted by molar-refractivity contribution is 5.71. The highest BCUT2D eigenvalue weighted by Crippen LogP contribution is 2.37. The summed E-state index contributed by atoms with van der Waals surface area (Å²) in [5, 5.41) is 10.9. The summed E-state index contributed by atoms with van der Waals surface area (Å²) in [6, 6.07) is 9.31. The number of hydrogen-bond acceptors (Lipinski definition) is 7. The Balaban J connectivity index is 1.21. The fourth-order valence-corrected chi connectivity index (χ4v) is 4.29. The maximum atomic E-state index is 14.8. The molecule has 2 aromatic carbocycles. The van der Waals surface area contributed by atoms with Gasteiger partial charge in [0.1, 0.15) is 30.1 Å². The van der Waals surface area contributed by atoms with Crippen LogP contribution >= 0.6 is 0 Å². The smallest absolute Gasteiger partial charge is 0.419 e. The van der Waals surface area contributed by atoms with Crippen LogP contribution in [0.25, 0.3) is 17.5 Å². The fraction of sp³-hybridized carbons (Fsp3) is 0.355. The molecule has 13 heteroatoms. The zero-order chi connectivity index (χ0) is 31.7. The number of unbranched alkanes of at least 4 members (excludes halogenated alkanes) is 1. The van der Waals surface area contributed by atoms with Crippen LogP contribution in [-0.4, -0.2) is 38.7 Å². The summed E-state index contributed by atoms with van der Waals surface area (Å²) in [4.78, 5) is 15.7. The van der Waals surface area contributed by atoms with Crippen LogP contribution in [-0.2, 0) is 36.9 Å². The number of alkyl carbamates (subject to hydrolysis) is 1. The Bertz CT molecular complexity index is 1550. The number of alkyl halides is 3. The Kier molecular flexibility index (Phi) is 10.7. The Morgan fingerprint density at radius 2 is 1.89 bits per heavy atom. The van der Waals surface area contributed by atoms with Crippen molar-refractivity contribution in [1.82, 2.24) is 25.3 Å². The van der Waals surface area contributed by atoms with E-state index in [-0.39, 0.29) is 36.4 Å². The number of nitrogens with one attached hydrogen (secondary N) is 1. The molecule has 0 aliphatic rings. The third kappa shape index (κ3) is 8.91. The van der Waals surface area contributed by atoms with E-state index < -0.39 is 29.2 Å². The Morgan fingerprint density at radius 3 is 2.59 bits per heavy atom. The number of benzene rings is 2. The summed E-state index contributed by atoms with van der Waals surface area (Å²) >= 11 is 0. The SMILES string of the molecule is C=Cc1ccc(C(F)(F)F)c(F)c1-c1nc(COc2ccc(CCCCn3cc(CCOC(=O)NC(C)C)nn3)cc2)co1. The van der Waals surface area contributed by atoms with Crippen molar-refractivity contribution in [2.24, 2.45) is 0 Å². The van der Waals surface area contributed by atoms with Gasteiger partial charge in [0.25, 0.3) is 0 Å². The van der Waals surface area contributed by atoms with E-state index in [1.165, 1.54) is 12.3 Å². The van der Waals surface area contributed by atoms with E-state index >= 15 is 0 Å². The van der Waals surface area contributed by atoms with Gasteiger partial charge >= 0.3 is 12.3 Å². The number of aromatic nitrogens is 4. The van der Waals surface area contributed by atoms with Crippen LogP contribution in [0.3, 0.4) is 0 Å². The van der Waals surface area contributed by atoms with Crippen molar-refractivity contribution < 1.29 is 36.2 Å². The standard InChI is InChI=1S/C31H33F4N5O4/c1-4-22-10-13-26(31(33,34)35)28(32)27(22)29-37-24(19-44-29)18-43-25-11-8-21(9-12-25)7-5-6-15-40-17-23(38-39-40)14-16-42-30(41)36-20(2)3/h4,8-13,17,19-20H,1,5-7,14-16,18H2,2-3H3,(H,36,41). The summed E-state index contributed by atoms with van der Waals surface area (Å²) in [6.07, 6.45) is 2.14. The number of hydrogen-bond donors (Lipinski definition) is 1. The Labute approximate surface area is 251 Å². The van der Waals surface area contributed by atoms with Crippen LogP contribution in [0.1, 0.15) is 54.8 Å². The first-order valence-electron chi connectivity index (χ1n) is 14.0. The van der Waals surface area contributed by atoms with E-state index in [2.05, 4.69) is 27.2 Å². The van der Waals surface area contributed by atoms with Crippen LogP contribution in [0, 0.1) is 5.82 Å². The van der Waals surface area contributed by atoms with E-state index in [0.717, 1.165) is 36.6 Å². The highest BCUT2D eigenvalue weighted by Gasteiger charge is 2.36. The second-order valence-electron chi connectivity index (χ2n) is 10.3. The molecule has 0 spiro atoms. The molecule has 1 amide bonds. The van der Waals surface area contributed by atoms with Crippen molar-refractivity contribution in [2.45, 2.75) is 64.9 Å². The van der Waals surface area contributed by atoms with Crippen molar-refractivity contribution in [3.63, 3.8) is 0 Å². The summed E-state index contributed by atoms with van der Waals surface area (Å²) in [6.45, 7) is 8.17. The summed E-state index contributed by atoms with van der Waals surface area (Å²) in [7, 11) is 0. The molecule has 2 heterocycles. The number of halogens is 4. The van der Waals surface area contributed by atoms with Crippen molar-refractivity contribution in [3.8, 4) is 17.2 Å². The van der Waals surface area contributed by atoms with Gasteiger partial charge in [-0.1, -0.05) is 36.1 Å². The lowest BCUT2D eigenvalue weighted by atomic mass is 10.0. The quantitative estimate of drug-likeness (QED) is 0.120. The molecule has 9 nitrogen and oxygen atoms in total. The molecule has 2 aromatic heterocycles. The molecule has 0 bridgehead atoms. The molecule has 0 aliphatic heterocycles. The third-order valence-electron chi connectivity index (χ3n) is 6.46. The first kappa shape index (κ1) is 32.2. The van der Waals surface area contributed by atoms with Crippen LogP contribution in [0.15, 0.2) is 59.9 Å². The number of aryl methyl sites for hydroxylation is 2. The third-order valence-corrected chi connectivity index (χ3v) is 6.46. The fourth-order valence-electron chi connectivity index (χ4n) is 4.29. The van der Waals surface area contributed by atoms with E-state index in [9.17, 15) is 22.4 Å². The van der Waals surface area contributed by atoms with Gasteiger partial charge in [-0.3, -0.25) is 4.68 Å². The molecule has 234 valence electrons. The Morgan fingerprint density at radius 1 is 1.11 bits per heavy atom. The molecule has 0 fully saturated rings. The number of nitrogens with zero attached hydrogens (tertiary/aromatic N) is 4. The zero-order valence-corrected chi connectivity index (χ0v) is 24.4. The molecule has 44 heavy (non-hydrogen) atoms. The normalized spacial score (nSPS) is 11.5. The number of rotatable bonds is 14. The monoisotopic (exact) mass is 615 g/mol. The maximum Gasteiger partial charge on any atom is 0.419 e. The molecule has 0 radical (unpaired) electrons. The van der Waals surface area contributed by atoms with E-state index in [4.69, 9.17) is 13.9 Å². The molecule has 4 rings (SSSR count). The van der Waals surface area contributed by atoms with Gasteiger partial charge in [0, 0.05) is 25.2 Å². The molecule has 0 saturated carbocycles. The maximum absolute atomic E-state index is 14.8. The van der Waals surface area contributed by atoms with Crippen LogP contribution in [0.4, 0.5) is 22.4 Å². The Hall–Kier alpha value is -4.68. The summed E-state index contributed by atoms with van der Waals surface area (Å²) < 4.78 is 72.3. The minimum Gasteiger partial charge on any atom is -0.487 e. The molecular weight excluding hydrogens is 582 g/mol. The molecule has 0 aliphatic carbocycles. The van der Waals surface area contributed by atoms with Gasteiger partial charge in [-0.25, -0.2) is 14.2 Å². The lowest BCUT2D eigenvalue weighted by Crippen LogP contribution is -2.31. The van der Waals surface area contributed by atoms with E-state index in [0.29, 0.717) is 24.8 Å². The molecule has 0 atom stereocenters. The molecule has 0 saturated heterocycles. The van der Waals surface area contributed by atoms with E-state index in [1.807, 2.05) is 44.3 Å². The van der Waals surface area contributed by atoms with Crippen LogP contribution in [0.5, 0.6) is 5.75 Å². The summed E-state index contributed by atoms with van der Waals surface area (Å²) in [5.41, 5.74) is 0.469. The van der Waals surface area contributed by atoms with Crippen molar-refractivity contribution in [3.05, 3.63) is 89.3 Å². The first-order chi connectivity index (χ1) is 21.0. The predicted octanol–water partition coefficient (Wildman–Crippen LogP) is 7.01. The number of carbonyl (C=O) groups is 1. The van der Waals surface area contributed by atoms with Gasteiger partial charge in [-0.05, 0) is 62.4 Å². The topological polar surface area (TPSA) is 104 Å².